The number of hydrogen-bond donors (Lipinski definition) is 0. The van der Waals surface area contributed by atoms with Gasteiger partial charge < -0.3 is 9.31 Å². The minimum absolute atomic E-state index is 0.0477. The number of carbonyl (C=O) groups excluding carboxylic acids is 1. The molecule has 0 N–H and O–H groups in total. The number of rotatable bonds is 4. The third-order valence-electron chi connectivity index (χ3n) is 4.07. The Morgan fingerprint density at radius 3 is 2.48 bits per heavy atom. The Bertz CT molecular complexity index is 618. The van der Waals surface area contributed by atoms with Gasteiger partial charge in [0.05, 0.1) is 16.9 Å². The first-order valence-electron chi connectivity index (χ1n) is 7.42. The summed E-state index contributed by atoms with van der Waals surface area (Å²) >= 11 is 7.24. The molecule has 1 fully saturated rings. The summed E-state index contributed by atoms with van der Waals surface area (Å²) in [6.07, 6.45) is 3.53. The number of pyridine rings is 1. The van der Waals surface area contributed by atoms with Crippen LogP contribution in [0.15, 0.2) is 23.8 Å². The fraction of sp³-hybridized carbons (Fsp3) is 0.500. The van der Waals surface area contributed by atoms with Gasteiger partial charge in [-0.05, 0) is 51.4 Å². The molecule has 0 aliphatic carbocycles. The summed E-state index contributed by atoms with van der Waals surface area (Å²) in [5.74, 6) is 0.486. The van der Waals surface area contributed by atoms with E-state index < -0.39 is 18.3 Å². The largest absolute Gasteiger partial charge is 0.491 e. The molecular formula is C16H21BClNO3S. The van der Waals surface area contributed by atoms with Crippen LogP contribution in [-0.2, 0) is 14.1 Å². The van der Waals surface area contributed by atoms with Crippen molar-refractivity contribution in [2.45, 2.75) is 45.8 Å². The molecule has 0 bridgehead atoms. The number of carbonyl (C=O) groups is 1. The van der Waals surface area contributed by atoms with E-state index >= 15 is 0 Å². The summed E-state index contributed by atoms with van der Waals surface area (Å²) in [5.41, 5.74) is 0.712. The summed E-state index contributed by atoms with van der Waals surface area (Å²) in [6.45, 7) is 9.55. The van der Waals surface area contributed by atoms with Crippen LogP contribution in [0.25, 0.3) is 6.08 Å². The van der Waals surface area contributed by atoms with Crippen molar-refractivity contribution in [3.8, 4) is 0 Å². The lowest BCUT2D eigenvalue weighted by Gasteiger charge is -2.32. The van der Waals surface area contributed by atoms with Crippen LogP contribution in [-0.4, -0.2) is 34.2 Å². The second kappa shape index (κ2) is 6.97. The number of nitrogens with zero attached hydrogens (tertiary/aromatic N) is 1. The van der Waals surface area contributed by atoms with Crippen LogP contribution >= 0.6 is 23.4 Å². The van der Waals surface area contributed by atoms with E-state index in [4.69, 9.17) is 20.9 Å². The lowest BCUT2D eigenvalue weighted by Crippen LogP contribution is -2.41. The first-order chi connectivity index (χ1) is 10.6. The van der Waals surface area contributed by atoms with Gasteiger partial charge in [0.1, 0.15) is 0 Å². The van der Waals surface area contributed by atoms with Gasteiger partial charge in [0.15, 0.2) is 5.12 Å². The molecule has 1 saturated heterocycles. The van der Waals surface area contributed by atoms with Crippen LogP contribution in [0.4, 0.5) is 0 Å². The highest BCUT2D eigenvalue weighted by molar-refractivity contribution is 8.13. The Hall–Kier alpha value is -0.815. The van der Waals surface area contributed by atoms with E-state index in [1.807, 2.05) is 33.8 Å². The highest BCUT2D eigenvalue weighted by Crippen LogP contribution is 2.39. The van der Waals surface area contributed by atoms with Crippen molar-refractivity contribution in [3.05, 3.63) is 34.5 Å². The van der Waals surface area contributed by atoms with Crippen LogP contribution in [0.1, 0.15) is 40.3 Å². The second-order valence-electron chi connectivity index (χ2n) is 6.49. The van der Waals surface area contributed by atoms with Crippen LogP contribution in [0.3, 0.4) is 0 Å². The van der Waals surface area contributed by atoms with E-state index in [1.165, 1.54) is 11.8 Å². The second-order valence-corrected chi connectivity index (χ2v) is 8.08. The third kappa shape index (κ3) is 4.60. The zero-order valence-corrected chi connectivity index (χ0v) is 15.6. The smallest absolute Gasteiger partial charge is 0.400 e. The number of hydrogen-bond acceptors (Lipinski definition) is 5. The Balaban J connectivity index is 2.30. The quantitative estimate of drug-likeness (QED) is 0.765. The molecule has 23 heavy (non-hydrogen) atoms. The van der Waals surface area contributed by atoms with Crippen molar-refractivity contribution in [1.82, 2.24) is 4.98 Å². The van der Waals surface area contributed by atoms with Gasteiger partial charge in [0.25, 0.3) is 0 Å². The lowest BCUT2D eigenvalue weighted by atomic mass is 9.78. The molecule has 124 valence electrons. The minimum Gasteiger partial charge on any atom is -0.400 e. The number of thioether (sulfide) groups is 1. The van der Waals surface area contributed by atoms with Crippen molar-refractivity contribution in [3.63, 3.8) is 0 Å². The zero-order chi connectivity index (χ0) is 17.3. The molecule has 1 aliphatic heterocycles. The van der Waals surface area contributed by atoms with E-state index in [0.29, 0.717) is 16.5 Å². The van der Waals surface area contributed by atoms with Crippen LogP contribution in [0.5, 0.6) is 0 Å². The summed E-state index contributed by atoms with van der Waals surface area (Å²) in [5, 5.41) is 0.658. The van der Waals surface area contributed by atoms with Gasteiger partial charge in [-0.2, -0.15) is 0 Å². The Labute approximate surface area is 147 Å². The lowest BCUT2D eigenvalue weighted by molar-refractivity contribution is -0.109. The summed E-state index contributed by atoms with van der Waals surface area (Å²) in [4.78, 5) is 15.6. The molecule has 2 rings (SSSR count). The fourth-order valence-electron chi connectivity index (χ4n) is 2.05. The maximum Gasteiger partial charge on any atom is 0.491 e. The predicted octanol–water partition coefficient (Wildman–Crippen LogP) is 4.03. The highest BCUT2D eigenvalue weighted by atomic mass is 35.5. The molecule has 0 saturated carbocycles. The molecule has 1 aromatic rings. The van der Waals surface area contributed by atoms with Crippen molar-refractivity contribution in [1.29, 1.82) is 0 Å². The topological polar surface area (TPSA) is 48.4 Å². The Kier molecular flexibility index (Phi) is 5.61. The standard InChI is InChI=1S/C16H21BClNO3S/c1-11(20)23-10-12(8-14-9-13(18)6-7-19-14)17-21-15(2,3)16(4,5)22-17/h6-9H,10H2,1-5H3. The molecule has 1 aliphatic rings. The normalized spacial score (nSPS) is 19.9. The van der Waals surface area contributed by atoms with Gasteiger partial charge in [-0.25, -0.2) is 0 Å². The van der Waals surface area contributed by atoms with E-state index in [0.717, 1.165) is 5.47 Å². The summed E-state index contributed by atoms with van der Waals surface area (Å²) < 4.78 is 12.2. The van der Waals surface area contributed by atoms with E-state index in [-0.39, 0.29) is 5.12 Å². The first kappa shape index (κ1) is 18.5. The number of aromatic nitrogens is 1. The monoisotopic (exact) mass is 353 g/mol. The van der Waals surface area contributed by atoms with E-state index in [9.17, 15) is 4.79 Å². The highest BCUT2D eigenvalue weighted by Gasteiger charge is 2.52. The molecule has 0 unspecified atom stereocenters. The molecule has 0 spiro atoms. The molecule has 0 amide bonds. The van der Waals surface area contributed by atoms with Gasteiger partial charge in [-0.15, -0.1) is 0 Å². The van der Waals surface area contributed by atoms with Gasteiger partial charge >= 0.3 is 7.12 Å². The Morgan fingerprint density at radius 1 is 1.35 bits per heavy atom. The van der Waals surface area contributed by atoms with Crippen molar-refractivity contribution >= 4 is 41.7 Å². The first-order valence-corrected chi connectivity index (χ1v) is 8.78. The summed E-state index contributed by atoms with van der Waals surface area (Å²) in [6, 6.07) is 3.49. The molecule has 2 heterocycles. The van der Waals surface area contributed by atoms with Gasteiger partial charge in [0.2, 0.25) is 0 Å². The van der Waals surface area contributed by atoms with E-state index in [1.54, 1.807) is 25.3 Å². The minimum atomic E-state index is -0.507. The van der Waals surface area contributed by atoms with Gasteiger partial charge in [-0.1, -0.05) is 23.4 Å². The van der Waals surface area contributed by atoms with Crippen LogP contribution in [0.2, 0.25) is 5.02 Å². The van der Waals surface area contributed by atoms with Crippen LogP contribution < -0.4 is 0 Å². The molecule has 0 radical (unpaired) electrons. The third-order valence-corrected chi connectivity index (χ3v) is 5.19. The van der Waals surface area contributed by atoms with Crippen LogP contribution in [0, 0.1) is 0 Å². The molecule has 0 aromatic carbocycles. The van der Waals surface area contributed by atoms with Crippen molar-refractivity contribution in [2.75, 3.05) is 5.75 Å². The average molecular weight is 354 g/mol. The fourth-order valence-corrected chi connectivity index (χ4v) is 2.80. The maximum absolute atomic E-state index is 11.3. The summed E-state index contributed by atoms with van der Waals surface area (Å²) in [7, 11) is -0.507. The molecule has 7 heteroatoms. The van der Waals surface area contributed by atoms with Crippen molar-refractivity contribution in [2.24, 2.45) is 0 Å². The van der Waals surface area contributed by atoms with E-state index in [2.05, 4.69) is 4.98 Å². The zero-order valence-electron chi connectivity index (χ0n) is 14.1. The maximum atomic E-state index is 11.3. The number of halogens is 1. The van der Waals surface area contributed by atoms with Crippen molar-refractivity contribution < 1.29 is 14.1 Å². The molecule has 4 nitrogen and oxygen atoms in total. The molecule has 1 aromatic heterocycles. The molecule has 0 atom stereocenters. The van der Waals surface area contributed by atoms with Gasteiger partial charge in [0, 0.05) is 23.9 Å². The predicted molar refractivity (Wildman–Crippen MR) is 96.4 cm³/mol. The SMILES string of the molecule is CC(=O)SCC(=Cc1cc(Cl)ccn1)B1OC(C)(C)C(C)(C)O1. The Morgan fingerprint density at radius 2 is 1.96 bits per heavy atom. The average Bonchev–Trinajstić information content (AvgIpc) is 2.63. The van der Waals surface area contributed by atoms with Gasteiger partial charge in [-0.3, -0.25) is 9.78 Å². The molecular weight excluding hydrogens is 333 g/mol.